The maximum Gasteiger partial charge on any atom is 0.301 e. The number of rotatable bonds is 3. The summed E-state index contributed by atoms with van der Waals surface area (Å²) in [6, 6.07) is 9.28. The Morgan fingerprint density at radius 2 is 1.97 bits per heavy atom. The predicted molar refractivity (Wildman–Crippen MR) is 123 cm³/mol. The molecule has 0 aliphatic carbocycles. The molecule has 4 aromatic rings. The van der Waals surface area contributed by atoms with Crippen LogP contribution in [0.15, 0.2) is 59.7 Å². The molecule has 1 saturated heterocycles. The monoisotopic (exact) mass is 484 g/mol. The van der Waals surface area contributed by atoms with E-state index < -0.39 is 17.7 Å². The summed E-state index contributed by atoms with van der Waals surface area (Å²) in [6.07, 6.45) is 3.27. The normalized spacial score (nSPS) is 18.1. The maximum absolute atomic E-state index is 13.2. The molecule has 10 heteroatoms. The van der Waals surface area contributed by atoms with Crippen LogP contribution in [0.3, 0.4) is 0 Å². The van der Waals surface area contributed by atoms with Crippen LogP contribution in [0.25, 0.3) is 11.4 Å². The number of imidazole rings is 1. The summed E-state index contributed by atoms with van der Waals surface area (Å²) in [5.41, 5.74) is 1.90. The van der Waals surface area contributed by atoms with Gasteiger partial charge in [0.25, 0.3) is 5.78 Å². The number of ketones is 1. The number of pyridine rings is 1. The lowest BCUT2D eigenvalue weighted by Gasteiger charge is -2.23. The number of carbonyl (C=O) groups excluding carboxylic acids is 2. The smallest absolute Gasteiger partial charge is 0.301 e. The van der Waals surface area contributed by atoms with Crippen molar-refractivity contribution in [3.05, 3.63) is 86.7 Å². The third-order valence-corrected chi connectivity index (χ3v) is 6.77. The van der Waals surface area contributed by atoms with Gasteiger partial charge in [-0.15, -0.1) is 11.3 Å². The second-order valence-electron chi connectivity index (χ2n) is 7.13. The van der Waals surface area contributed by atoms with Crippen LogP contribution < -0.4 is 4.90 Å². The molecule has 4 heterocycles. The number of benzene rings is 1. The van der Waals surface area contributed by atoms with Gasteiger partial charge in [0, 0.05) is 17.8 Å². The summed E-state index contributed by atoms with van der Waals surface area (Å²) in [5, 5.41) is 14.0. The fourth-order valence-corrected chi connectivity index (χ4v) is 4.86. The van der Waals surface area contributed by atoms with E-state index in [1.54, 1.807) is 59.4 Å². The van der Waals surface area contributed by atoms with Crippen LogP contribution in [0.1, 0.15) is 23.0 Å². The average molecular weight is 485 g/mol. The molecule has 0 spiro atoms. The third-order valence-electron chi connectivity index (χ3n) is 5.26. The third kappa shape index (κ3) is 3.10. The van der Waals surface area contributed by atoms with E-state index in [2.05, 4.69) is 9.97 Å². The molecule has 0 saturated carbocycles. The van der Waals surface area contributed by atoms with E-state index in [0.717, 1.165) is 0 Å². The Morgan fingerprint density at radius 3 is 2.69 bits per heavy atom. The molecular weight excluding hydrogens is 471 g/mol. The number of aliphatic hydroxyl groups excluding tert-OH is 1. The van der Waals surface area contributed by atoms with Crippen LogP contribution >= 0.6 is 34.5 Å². The second-order valence-corrected chi connectivity index (χ2v) is 8.82. The Hall–Kier alpha value is -3.20. The lowest BCUT2D eigenvalue weighted by atomic mass is 9.96. The molecule has 3 aromatic heterocycles. The van der Waals surface area contributed by atoms with Gasteiger partial charge < -0.3 is 5.11 Å². The SMILES string of the molecule is Cc1nc2ccccn2c1C(O)=C1C(=O)C(=O)N(c2nccs2)C1c1ccc(Cl)c(Cl)c1. The van der Waals surface area contributed by atoms with Crippen molar-refractivity contribution in [2.24, 2.45) is 0 Å². The summed E-state index contributed by atoms with van der Waals surface area (Å²) in [4.78, 5) is 36.2. The Labute approximate surface area is 196 Å². The molecule has 1 N–H and O–H groups in total. The van der Waals surface area contributed by atoms with Crippen LogP contribution in [-0.2, 0) is 9.59 Å². The number of fused-ring (bicyclic) bond motifs is 1. The first-order chi connectivity index (χ1) is 15.4. The number of aliphatic hydroxyl groups is 1. The number of aromatic nitrogens is 3. The zero-order chi connectivity index (χ0) is 22.6. The van der Waals surface area contributed by atoms with Crippen LogP contribution in [0.2, 0.25) is 10.0 Å². The molecule has 7 nitrogen and oxygen atoms in total. The maximum atomic E-state index is 13.2. The van der Waals surface area contributed by atoms with Gasteiger partial charge in [-0.1, -0.05) is 35.3 Å². The molecule has 32 heavy (non-hydrogen) atoms. The van der Waals surface area contributed by atoms with Crippen molar-refractivity contribution in [2.45, 2.75) is 13.0 Å². The Kier molecular flexibility index (Phi) is 5.00. The molecule has 1 aliphatic heterocycles. The Morgan fingerprint density at radius 1 is 1.16 bits per heavy atom. The quantitative estimate of drug-likeness (QED) is 0.250. The minimum absolute atomic E-state index is 0.0719. The fraction of sp³-hybridized carbons (Fsp3) is 0.0909. The molecule has 1 fully saturated rings. The van der Waals surface area contributed by atoms with E-state index in [1.165, 1.54) is 16.2 Å². The van der Waals surface area contributed by atoms with Gasteiger partial charge in [-0.3, -0.25) is 18.9 Å². The zero-order valence-corrected chi connectivity index (χ0v) is 18.8. The highest BCUT2D eigenvalue weighted by atomic mass is 35.5. The highest BCUT2D eigenvalue weighted by Crippen LogP contribution is 2.44. The molecule has 1 amide bonds. The topological polar surface area (TPSA) is 87.8 Å². The first-order valence-electron chi connectivity index (χ1n) is 9.48. The molecule has 160 valence electrons. The van der Waals surface area contributed by atoms with Gasteiger partial charge in [-0.2, -0.15) is 0 Å². The van der Waals surface area contributed by atoms with Gasteiger partial charge in [0.1, 0.15) is 11.3 Å². The molecule has 5 rings (SSSR count). The number of thiazole rings is 1. The number of anilines is 1. The van der Waals surface area contributed by atoms with E-state index in [0.29, 0.717) is 32.8 Å². The van der Waals surface area contributed by atoms with E-state index in [1.807, 2.05) is 6.07 Å². The minimum Gasteiger partial charge on any atom is -0.505 e. The number of hydrogen-bond donors (Lipinski definition) is 1. The van der Waals surface area contributed by atoms with E-state index >= 15 is 0 Å². The molecular formula is C22H14Cl2N4O3S. The number of hydrogen-bond acceptors (Lipinski definition) is 6. The highest BCUT2D eigenvalue weighted by Gasteiger charge is 2.48. The molecule has 1 aliphatic rings. The van der Waals surface area contributed by atoms with Crippen molar-refractivity contribution in [1.29, 1.82) is 0 Å². The van der Waals surface area contributed by atoms with Gasteiger partial charge in [-0.25, -0.2) is 9.97 Å². The molecule has 1 unspecified atom stereocenters. The van der Waals surface area contributed by atoms with Crippen molar-refractivity contribution < 1.29 is 14.7 Å². The van der Waals surface area contributed by atoms with Crippen molar-refractivity contribution in [3.63, 3.8) is 0 Å². The summed E-state index contributed by atoms with van der Waals surface area (Å²) < 4.78 is 1.67. The lowest BCUT2D eigenvalue weighted by Crippen LogP contribution is -2.29. The highest BCUT2D eigenvalue weighted by molar-refractivity contribution is 7.14. The van der Waals surface area contributed by atoms with Crippen molar-refractivity contribution >= 4 is 62.8 Å². The van der Waals surface area contributed by atoms with Gasteiger partial charge in [0.2, 0.25) is 0 Å². The summed E-state index contributed by atoms with van der Waals surface area (Å²) in [5.74, 6) is -1.93. The Bertz CT molecular complexity index is 1430. The van der Waals surface area contributed by atoms with E-state index in [-0.39, 0.29) is 16.4 Å². The fourth-order valence-electron chi connectivity index (χ4n) is 3.89. The predicted octanol–water partition coefficient (Wildman–Crippen LogP) is 5.03. The first-order valence-corrected chi connectivity index (χ1v) is 11.1. The van der Waals surface area contributed by atoms with E-state index in [9.17, 15) is 14.7 Å². The largest absolute Gasteiger partial charge is 0.505 e. The number of carbonyl (C=O) groups is 2. The number of halogens is 2. The standard InChI is InChI=1S/C22H14Cl2N4O3S/c1-11-17(27-8-3-2-4-15(27)26-11)19(29)16-18(12-5-6-13(23)14(24)10-12)28(21(31)20(16)30)22-25-7-9-32-22/h2-10,18,29H,1H3. The zero-order valence-electron chi connectivity index (χ0n) is 16.5. The van der Waals surface area contributed by atoms with E-state index in [4.69, 9.17) is 23.2 Å². The lowest BCUT2D eigenvalue weighted by molar-refractivity contribution is -0.132. The van der Waals surface area contributed by atoms with Crippen LogP contribution in [0, 0.1) is 6.92 Å². The minimum atomic E-state index is -0.940. The van der Waals surface area contributed by atoms with Crippen LogP contribution in [0.4, 0.5) is 5.13 Å². The number of Topliss-reactive ketones (excluding diaryl/α,β-unsaturated/α-hetero) is 1. The van der Waals surface area contributed by atoms with Gasteiger partial charge in [-0.05, 0) is 36.8 Å². The Balaban J connectivity index is 1.80. The number of amides is 1. The van der Waals surface area contributed by atoms with Crippen LogP contribution in [-0.4, -0.2) is 31.2 Å². The van der Waals surface area contributed by atoms with Crippen molar-refractivity contribution in [3.8, 4) is 0 Å². The van der Waals surface area contributed by atoms with Gasteiger partial charge in [0.15, 0.2) is 10.9 Å². The second kappa shape index (κ2) is 7.74. The average Bonchev–Trinajstić information content (AvgIpc) is 3.47. The number of nitrogens with zero attached hydrogens (tertiary/aromatic N) is 4. The van der Waals surface area contributed by atoms with Crippen molar-refractivity contribution in [1.82, 2.24) is 14.4 Å². The molecule has 1 aromatic carbocycles. The van der Waals surface area contributed by atoms with Crippen LogP contribution in [0.5, 0.6) is 0 Å². The summed E-state index contributed by atoms with van der Waals surface area (Å²) in [6.45, 7) is 1.73. The summed E-state index contributed by atoms with van der Waals surface area (Å²) in [7, 11) is 0. The van der Waals surface area contributed by atoms with Gasteiger partial charge in [0.05, 0.1) is 27.4 Å². The van der Waals surface area contributed by atoms with Gasteiger partial charge >= 0.3 is 5.91 Å². The first kappa shape index (κ1) is 20.7. The summed E-state index contributed by atoms with van der Waals surface area (Å²) >= 11 is 13.5. The van der Waals surface area contributed by atoms with Crippen molar-refractivity contribution in [2.75, 3.05) is 4.90 Å². The molecule has 0 bridgehead atoms. The number of aryl methyl sites for hydroxylation is 1. The molecule has 0 radical (unpaired) electrons. The molecule has 1 atom stereocenters.